The SMILES string of the molecule is CC(C)(C)OC(=O)Nc1ccc(CCNCc2csnn2)cc1. The van der Waals surface area contributed by atoms with Gasteiger partial charge in [-0.3, -0.25) is 5.32 Å². The maximum Gasteiger partial charge on any atom is 0.412 e. The van der Waals surface area contributed by atoms with E-state index >= 15 is 0 Å². The highest BCUT2D eigenvalue weighted by molar-refractivity contribution is 7.03. The predicted octanol–water partition coefficient (Wildman–Crippen LogP) is 3.22. The molecule has 0 radical (unpaired) electrons. The Bertz CT molecular complexity index is 606. The van der Waals surface area contributed by atoms with Crippen LogP contribution in [-0.4, -0.2) is 27.8 Å². The highest BCUT2D eigenvalue weighted by Gasteiger charge is 2.15. The number of hydrogen-bond donors (Lipinski definition) is 2. The minimum absolute atomic E-state index is 0.441. The van der Waals surface area contributed by atoms with E-state index in [1.54, 1.807) is 0 Å². The van der Waals surface area contributed by atoms with Gasteiger partial charge >= 0.3 is 6.09 Å². The van der Waals surface area contributed by atoms with E-state index in [0.29, 0.717) is 0 Å². The molecule has 124 valence electrons. The maximum absolute atomic E-state index is 11.7. The molecule has 1 aromatic carbocycles. The number of rotatable bonds is 6. The van der Waals surface area contributed by atoms with Crippen LogP contribution in [0.2, 0.25) is 0 Å². The Morgan fingerprint density at radius 3 is 2.61 bits per heavy atom. The van der Waals surface area contributed by atoms with Gasteiger partial charge in [0.05, 0.1) is 5.69 Å². The lowest BCUT2D eigenvalue weighted by atomic mass is 10.1. The van der Waals surface area contributed by atoms with Gasteiger partial charge in [0.2, 0.25) is 0 Å². The van der Waals surface area contributed by atoms with Gasteiger partial charge in [-0.1, -0.05) is 16.6 Å². The molecule has 7 heteroatoms. The van der Waals surface area contributed by atoms with Crippen LogP contribution in [-0.2, 0) is 17.7 Å². The molecule has 6 nitrogen and oxygen atoms in total. The molecule has 0 aliphatic carbocycles. The van der Waals surface area contributed by atoms with Gasteiger partial charge in [0.15, 0.2) is 0 Å². The van der Waals surface area contributed by atoms with Crippen LogP contribution in [0.4, 0.5) is 10.5 Å². The van der Waals surface area contributed by atoms with Crippen LogP contribution >= 0.6 is 11.5 Å². The molecule has 0 saturated heterocycles. The van der Waals surface area contributed by atoms with E-state index in [-0.39, 0.29) is 0 Å². The fourth-order valence-electron chi connectivity index (χ4n) is 1.89. The number of nitrogens with zero attached hydrogens (tertiary/aromatic N) is 2. The summed E-state index contributed by atoms with van der Waals surface area (Å²) >= 11 is 1.36. The Morgan fingerprint density at radius 2 is 2.00 bits per heavy atom. The van der Waals surface area contributed by atoms with Gasteiger partial charge in [-0.25, -0.2) is 4.79 Å². The molecular weight excluding hydrogens is 312 g/mol. The van der Waals surface area contributed by atoms with E-state index in [2.05, 4.69) is 20.2 Å². The van der Waals surface area contributed by atoms with E-state index in [1.807, 2.05) is 50.4 Å². The second kappa shape index (κ2) is 8.03. The molecule has 0 bridgehead atoms. The van der Waals surface area contributed by atoms with Crippen molar-refractivity contribution in [2.24, 2.45) is 0 Å². The largest absolute Gasteiger partial charge is 0.444 e. The van der Waals surface area contributed by atoms with Crippen LogP contribution in [0.3, 0.4) is 0 Å². The van der Waals surface area contributed by atoms with Gasteiger partial charge in [0, 0.05) is 17.6 Å². The molecule has 0 aliphatic rings. The van der Waals surface area contributed by atoms with Gasteiger partial charge in [0.1, 0.15) is 5.60 Å². The van der Waals surface area contributed by atoms with Gasteiger partial charge in [-0.2, -0.15) is 0 Å². The molecule has 0 fully saturated rings. The van der Waals surface area contributed by atoms with Gasteiger partial charge in [0.25, 0.3) is 0 Å². The Balaban J connectivity index is 1.72. The van der Waals surface area contributed by atoms with Crippen molar-refractivity contribution in [3.05, 3.63) is 40.9 Å². The van der Waals surface area contributed by atoms with Crippen LogP contribution in [0.5, 0.6) is 0 Å². The molecule has 1 heterocycles. The van der Waals surface area contributed by atoms with Crippen molar-refractivity contribution in [1.82, 2.24) is 14.9 Å². The molecule has 2 aromatic rings. The Kier molecular flexibility index (Phi) is 6.06. The standard InChI is InChI=1S/C16H22N4O2S/c1-16(2,3)22-15(21)18-13-6-4-12(5-7-13)8-9-17-10-14-11-23-20-19-14/h4-7,11,17H,8-10H2,1-3H3,(H,18,21). The number of carbonyl (C=O) groups is 1. The average molecular weight is 334 g/mol. The highest BCUT2D eigenvalue weighted by atomic mass is 32.1. The summed E-state index contributed by atoms with van der Waals surface area (Å²) in [5, 5.41) is 12.0. The van der Waals surface area contributed by atoms with Gasteiger partial charge < -0.3 is 10.1 Å². The summed E-state index contributed by atoms with van der Waals surface area (Å²) in [6.07, 6.45) is 0.466. The lowest BCUT2D eigenvalue weighted by Gasteiger charge is -2.19. The van der Waals surface area contributed by atoms with Crippen molar-refractivity contribution >= 4 is 23.3 Å². The van der Waals surface area contributed by atoms with Crippen LogP contribution in [0.15, 0.2) is 29.6 Å². The topological polar surface area (TPSA) is 76.1 Å². The number of anilines is 1. The molecule has 1 aromatic heterocycles. The Labute approximate surface area is 140 Å². The van der Waals surface area contributed by atoms with Gasteiger partial charge in [-0.05, 0) is 63.0 Å². The predicted molar refractivity (Wildman–Crippen MR) is 91.6 cm³/mol. The molecule has 0 unspecified atom stereocenters. The monoisotopic (exact) mass is 334 g/mol. The number of hydrogen-bond acceptors (Lipinski definition) is 6. The minimum atomic E-state index is -0.497. The highest BCUT2D eigenvalue weighted by Crippen LogP contribution is 2.13. The van der Waals surface area contributed by atoms with Crippen molar-refractivity contribution in [3.8, 4) is 0 Å². The minimum Gasteiger partial charge on any atom is -0.444 e. The molecule has 0 atom stereocenters. The lowest BCUT2D eigenvalue weighted by Crippen LogP contribution is -2.27. The first-order chi connectivity index (χ1) is 10.9. The number of ether oxygens (including phenoxy) is 1. The van der Waals surface area contributed by atoms with Crippen molar-refractivity contribution in [3.63, 3.8) is 0 Å². The van der Waals surface area contributed by atoms with Crippen molar-refractivity contribution in [1.29, 1.82) is 0 Å². The molecule has 23 heavy (non-hydrogen) atoms. The van der Waals surface area contributed by atoms with E-state index < -0.39 is 11.7 Å². The van der Waals surface area contributed by atoms with Crippen LogP contribution in [0.1, 0.15) is 32.0 Å². The summed E-state index contributed by atoms with van der Waals surface area (Å²) < 4.78 is 9.04. The summed E-state index contributed by atoms with van der Waals surface area (Å²) in [4.78, 5) is 11.7. The van der Waals surface area contributed by atoms with Gasteiger partial charge in [-0.15, -0.1) is 5.10 Å². The molecule has 0 saturated carbocycles. The summed E-state index contributed by atoms with van der Waals surface area (Å²) in [6.45, 7) is 7.10. The van der Waals surface area contributed by atoms with Crippen molar-refractivity contribution in [2.75, 3.05) is 11.9 Å². The zero-order valence-corrected chi connectivity index (χ0v) is 14.4. The number of aromatic nitrogens is 2. The van der Waals surface area contributed by atoms with E-state index in [0.717, 1.165) is 30.9 Å². The third-order valence-electron chi connectivity index (χ3n) is 2.90. The summed E-state index contributed by atoms with van der Waals surface area (Å²) in [5.41, 5.74) is 2.39. The zero-order valence-electron chi connectivity index (χ0n) is 13.6. The normalized spacial score (nSPS) is 11.3. The number of carbonyl (C=O) groups excluding carboxylic acids is 1. The second-order valence-electron chi connectivity index (χ2n) is 6.15. The summed E-state index contributed by atoms with van der Waals surface area (Å²) in [5.74, 6) is 0. The summed E-state index contributed by atoms with van der Waals surface area (Å²) in [7, 11) is 0. The first-order valence-corrected chi connectivity index (χ1v) is 8.32. The number of amides is 1. The first-order valence-electron chi connectivity index (χ1n) is 7.48. The van der Waals surface area contributed by atoms with Crippen molar-refractivity contribution < 1.29 is 9.53 Å². The number of nitrogens with one attached hydrogen (secondary N) is 2. The zero-order chi connectivity index (χ0) is 16.7. The smallest absolute Gasteiger partial charge is 0.412 e. The molecule has 0 spiro atoms. The maximum atomic E-state index is 11.7. The Hall–Kier alpha value is -1.99. The number of benzene rings is 1. The fraction of sp³-hybridized carbons (Fsp3) is 0.438. The van der Waals surface area contributed by atoms with Crippen LogP contribution < -0.4 is 10.6 Å². The van der Waals surface area contributed by atoms with E-state index in [1.165, 1.54) is 17.1 Å². The third-order valence-corrected chi connectivity index (χ3v) is 3.45. The molecule has 0 aliphatic heterocycles. The Morgan fingerprint density at radius 1 is 1.26 bits per heavy atom. The molecule has 2 N–H and O–H groups in total. The molecule has 2 rings (SSSR count). The molecule has 1 amide bonds. The second-order valence-corrected chi connectivity index (χ2v) is 6.76. The van der Waals surface area contributed by atoms with Crippen molar-refractivity contribution in [2.45, 2.75) is 39.3 Å². The van der Waals surface area contributed by atoms with E-state index in [4.69, 9.17) is 4.74 Å². The van der Waals surface area contributed by atoms with Crippen LogP contribution in [0.25, 0.3) is 0 Å². The lowest BCUT2D eigenvalue weighted by molar-refractivity contribution is 0.0636. The van der Waals surface area contributed by atoms with Crippen LogP contribution in [0, 0.1) is 0 Å². The quantitative estimate of drug-likeness (QED) is 0.793. The summed E-state index contributed by atoms with van der Waals surface area (Å²) in [6, 6.07) is 7.75. The van der Waals surface area contributed by atoms with E-state index in [9.17, 15) is 4.79 Å². The fourth-order valence-corrected chi connectivity index (χ4v) is 2.34. The first kappa shape index (κ1) is 17.4. The molecular formula is C16H22N4O2S. The third kappa shape index (κ3) is 6.75. The average Bonchev–Trinajstić information content (AvgIpc) is 2.96.